The van der Waals surface area contributed by atoms with Crippen molar-refractivity contribution in [1.29, 1.82) is 0 Å². The Morgan fingerprint density at radius 3 is 2.74 bits per heavy atom. The lowest BCUT2D eigenvalue weighted by Gasteiger charge is -2.34. The maximum Gasteiger partial charge on any atom is 0.349 e. The second kappa shape index (κ2) is 7.58. The minimum Gasteiger partial charge on any atom is -0.469 e. The number of hydrogen-bond donors (Lipinski definition) is 0. The number of esters is 1. The molecule has 0 N–H and O–H groups in total. The van der Waals surface area contributed by atoms with Gasteiger partial charge in [-0.15, -0.1) is 11.3 Å². The zero-order chi connectivity index (χ0) is 21.8. The van der Waals surface area contributed by atoms with Crippen LogP contribution in [0.1, 0.15) is 71.8 Å². The van der Waals surface area contributed by atoms with Gasteiger partial charge in [-0.2, -0.15) is 0 Å². The number of aromatic nitrogens is 1. The van der Waals surface area contributed by atoms with Crippen LogP contribution in [0.5, 0.6) is 0 Å². The lowest BCUT2D eigenvalue weighted by Crippen LogP contribution is -2.47. The molecule has 0 spiro atoms. The second-order valence-electron chi connectivity index (χ2n) is 9.09. The Labute approximate surface area is 184 Å². The van der Waals surface area contributed by atoms with Crippen molar-refractivity contribution in [3.05, 3.63) is 50.0 Å². The number of rotatable bonds is 5. The highest BCUT2D eigenvalue weighted by molar-refractivity contribution is 7.07. The van der Waals surface area contributed by atoms with Gasteiger partial charge in [0, 0.05) is 29.8 Å². The van der Waals surface area contributed by atoms with Crippen LogP contribution >= 0.6 is 11.3 Å². The largest absolute Gasteiger partial charge is 0.469 e. The molecule has 3 fully saturated rings. The van der Waals surface area contributed by atoms with Crippen molar-refractivity contribution in [2.45, 2.75) is 69.9 Å². The number of methoxy groups -OCH3 is 1. The van der Waals surface area contributed by atoms with E-state index in [1.807, 2.05) is 11.4 Å². The molecular formula is C23H26N2O5S. The van der Waals surface area contributed by atoms with Gasteiger partial charge in [-0.3, -0.25) is 9.59 Å². The number of nitrogens with zero attached hydrogens (tertiary/aromatic N) is 2. The van der Waals surface area contributed by atoms with Crippen LogP contribution in [0.3, 0.4) is 0 Å². The first kappa shape index (κ1) is 20.4. The molecule has 3 aliphatic rings. The van der Waals surface area contributed by atoms with E-state index >= 15 is 0 Å². The molecule has 2 aliphatic heterocycles. The lowest BCUT2D eigenvalue weighted by atomic mass is 9.71. The van der Waals surface area contributed by atoms with E-state index < -0.39 is 11.0 Å². The monoisotopic (exact) mass is 442 g/mol. The number of aryl methyl sites for hydroxylation is 1. The van der Waals surface area contributed by atoms with Crippen molar-refractivity contribution >= 4 is 23.2 Å². The predicted molar refractivity (Wildman–Crippen MR) is 114 cm³/mol. The molecule has 31 heavy (non-hydrogen) atoms. The van der Waals surface area contributed by atoms with Gasteiger partial charge in [0.2, 0.25) is 0 Å². The van der Waals surface area contributed by atoms with Gasteiger partial charge >= 0.3 is 11.6 Å². The molecule has 2 aromatic heterocycles. The van der Waals surface area contributed by atoms with Gasteiger partial charge in [-0.05, 0) is 50.7 Å². The number of thiazole rings is 1. The van der Waals surface area contributed by atoms with E-state index in [0.717, 1.165) is 31.4 Å². The molecule has 2 bridgehead atoms. The molecule has 5 rings (SSSR count). The quantitative estimate of drug-likeness (QED) is 0.659. The predicted octanol–water partition coefficient (Wildman–Crippen LogP) is 3.45. The highest BCUT2D eigenvalue weighted by atomic mass is 32.1. The summed E-state index contributed by atoms with van der Waals surface area (Å²) in [4.78, 5) is 45.5. The first-order chi connectivity index (χ1) is 14.9. The van der Waals surface area contributed by atoms with E-state index in [0.29, 0.717) is 30.6 Å². The maximum atomic E-state index is 13.6. The Morgan fingerprint density at radius 1 is 1.32 bits per heavy atom. The summed E-state index contributed by atoms with van der Waals surface area (Å²) in [5.74, 6) is 0.322. The average molecular weight is 443 g/mol. The minimum absolute atomic E-state index is 0.0919. The Hall–Kier alpha value is -2.48. The van der Waals surface area contributed by atoms with E-state index in [-0.39, 0.29) is 35.4 Å². The van der Waals surface area contributed by atoms with E-state index in [1.165, 1.54) is 18.4 Å². The third-order valence-electron chi connectivity index (χ3n) is 7.44. The molecular weight excluding hydrogens is 416 g/mol. The van der Waals surface area contributed by atoms with Crippen LogP contribution in [0.15, 0.2) is 26.2 Å². The molecule has 0 radical (unpaired) electrons. The smallest absolute Gasteiger partial charge is 0.349 e. The first-order valence-corrected chi connectivity index (χ1v) is 11.8. The summed E-state index contributed by atoms with van der Waals surface area (Å²) in [7, 11) is 1.39. The van der Waals surface area contributed by atoms with E-state index in [2.05, 4.69) is 4.98 Å². The summed E-state index contributed by atoms with van der Waals surface area (Å²) >= 11 is 1.48. The average Bonchev–Trinajstić information content (AvgIpc) is 3.41. The van der Waals surface area contributed by atoms with Gasteiger partial charge in [-0.25, -0.2) is 9.78 Å². The molecule has 1 amide bonds. The summed E-state index contributed by atoms with van der Waals surface area (Å²) in [6.07, 6.45) is 5.66. The number of amides is 1. The summed E-state index contributed by atoms with van der Waals surface area (Å²) in [5, 5.41) is 1.93. The molecule has 8 heteroatoms. The van der Waals surface area contributed by atoms with Crippen molar-refractivity contribution < 1.29 is 18.7 Å². The van der Waals surface area contributed by atoms with Crippen LogP contribution in [-0.2, 0) is 16.0 Å². The Kier molecular flexibility index (Phi) is 5.00. The number of fused-ring (bicyclic) bond motifs is 2. The van der Waals surface area contributed by atoms with E-state index in [9.17, 15) is 14.4 Å². The van der Waals surface area contributed by atoms with Crippen molar-refractivity contribution in [3.8, 4) is 0 Å². The van der Waals surface area contributed by atoms with E-state index in [1.54, 1.807) is 17.3 Å². The second-order valence-corrected chi connectivity index (χ2v) is 9.81. The fraction of sp³-hybridized carbons (Fsp3) is 0.565. The molecule has 4 heterocycles. The van der Waals surface area contributed by atoms with Crippen LogP contribution in [0.4, 0.5) is 0 Å². The van der Waals surface area contributed by atoms with Crippen molar-refractivity contribution in [2.75, 3.05) is 7.11 Å². The van der Waals surface area contributed by atoms with Crippen molar-refractivity contribution in [1.82, 2.24) is 9.88 Å². The van der Waals surface area contributed by atoms with Crippen LogP contribution in [0, 0.1) is 12.3 Å². The van der Waals surface area contributed by atoms with Gasteiger partial charge in [-0.1, -0.05) is 6.42 Å². The fourth-order valence-electron chi connectivity index (χ4n) is 5.74. The maximum absolute atomic E-state index is 13.6. The number of carbonyl (C=O) groups is 2. The molecule has 2 saturated heterocycles. The molecule has 7 nitrogen and oxygen atoms in total. The van der Waals surface area contributed by atoms with Crippen molar-refractivity contribution in [3.63, 3.8) is 0 Å². The van der Waals surface area contributed by atoms with Crippen LogP contribution in [0.2, 0.25) is 0 Å². The normalized spacial score (nSPS) is 27.4. The summed E-state index contributed by atoms with van der Waals surface area (Å²) in [6.45, 7) is 1.80. The fourth-order valence-corrected chi connectivity index (χ4v) is 6.29. The van der Waals surface area contributed by atoms with Gasteiger partial charge in [0.1, 0.15) is 11.3 Å². The molecule has 0 unspecified atom stereocenters. The van der Waals surface area contributed by atoms with Gasteiger partial charge in [0.05, 0.1) is 23.7 Å². The van der Waals surface area contributed by atoms with Crippen LogP contribution in [-0.4, -0.2) is 41.0 Å². The number of carbonyl (C=O) groups excluding carboxylic acids is 2. The highest BCUT2D eigenvalue weighted by Crippen LogP contribution is 2.52. The standard InChI is InChI=1S/C23H26N2O5S/c1-13-8-17(14-4-3-5-14)30-21(27)19(13)20(26)25-16-6-7-18(25)23(10-16,22(28)29-2)9-15-11-31-12-24-15/h8,11-12,14,16,18H,3-7,9-10H2,1-2H3/t16-,18+,23+/m1/s1. The van der Waals surface area contributed by atoms with E-state index in [4.69, 9.17) is 9.15 Å². The minimum atomic E-state index is -0.832. The van der Waals surface area contributed by atoms with Crippen LogP contribution in [0.25, 0.3) is 0 Å². The van der Waals surface area contributed by atoms with Crippen molar-refractivity contribution in [2.24, 2.45) is 5.41 Å². The topological polar surface area (TPSA) is 89.7 Å². The SMILES string of the molecule is COC(=O)[C@@]1(Cc2cscn2)C[C@H]2CC[C@@H]1N2C(=O)c1c(C)cc(C2CCC2)oc1=O. The molecule has 2 aromatic rings. The summed E-state index contributed by atoms with van der Waals surface area (Å²) < 4.78 is 10.8. The molecule has 1 aliphatic carbocycles. The zero-order valence-corrected chi connectivity index (χ0v) is 18.6. The third-order valence-corrected chi connectivity index (χ3v) is 8.07. The zero-order valence-electron chi connectivity index (χ0n) is 17.8. The highest BCUT2D eigenvalue weighted by Gasteiger charge is 2.62. The Morgan fingerprint density at radius 2 is 2.13 bits per heavy atom. The summed E-state index contributed by atoms with van der Waals surface area (Å²) in [6, 6.07) is 1.43. The Balaban J connectivity index is 1.49. The number of ether oxygens (including phenoxy) is 1. The summed E-state index contributed by atoms with van der Waals surface area (Å²) in [5.41, 5.74) is 1.92. The molecule has 164 valence electrons. The van der Waals surface area contributed by atoms with Crippen LogP contribution < -0.4 is 5.63 Å². The number of hydrogen-bond acceptors (Lipinski definition) is 7. The molecule has 1 saturated carbocycles. The third kappa shape index (κ3) is 3.14. The molecule has 0 aromatic carbocycles. The van der Waals surface area contributed by atoms with Gasteiger partial charge in [0.15, 0.2) is 0 Å². The van der Waals surface area contributed by atoms with Gasteiger partial charge in [0.25, 0.3) is 5.91 Å². The van der Waals surface area contributed by atoms with Gasteiger partial charge < -0.3 is 14.1 Å². The first-order valence-electron chi connectivity index (χ1n) is 10.9. The Bertz CT molecular complexity index is 1070. The lowest BCUT2D eigenvalue weighted by molar-refractivity contribution is -0.154. The molecule has 3 atom stereocenters.